The Morgan fingerprint density at radius 3 is 2.67 bits per heavy atom. The van der Waals surface area contributed by atoms with E-state index in [9.17, 15) is 14.7 Å². The van der Waals surface area contributed by atoms with Gasteiger partial charge in [0, 0.05) is 11.6 Å². The van der Waals surface area contributed by atoms with E-state index in [0.29, 0.717) is 21.9 Å². The van der Waals surface area contributed by atoms with Crippen molar-refractivity contribution in [3.63, 3.8) is 0 Å². The van der Waals surface area contributed by atoms with Crippen LogP contribution in [-0.2, 0) is 4.79 Å². The quantitative estimate of drug-likeness (QED) is 0.814. The molecule has 1 aliphatic rings. The lowest BCUT2D eigenvalue weighted by atomic mass is 9.95. The number of Topliss-reactive ketones (excluding diaryl/α,β-unsaturated/α-hetero) is 1. The summed E-state index contributed by atoms with van der Waals surface area (Å²) in [6.45, 7) is 0. The van der Waals surface area contributed by atoms with E-state index in [1.165, 1.54) is 25.6 Å². The lowest BCUT2D eigenvalue weighted by Crippen LogP contribution is -2.24. The summed E-state index contributed by atoms with van der Waals surface area (Å²) in [5.74, 6) is -0.595. The maximum atomic E-state index is 12.7. The summed E-state index contributed by atoms with van der Waals surface area (Å²) in [4.78, 5) is 25.1. The number of methoxy groups -OCH3 is 2. The fourth-order valence-electron chi connectivity index (χ4n) is 2.60. The van der Waals surface area contributed by atoms with Gasteiger partial charge < -0.3 is 19.9 Å². The van der Waals surface area contributed by atoms with Crippen molar-refractivity contribution >= 4 is 23.0 Å². The summed E-state index contributed by atoms with van der Waals surface area (Å²) >= 11 is 1.25. The predicted octanol–water partition coefficient (Wildman–Crippen LogP) is 2.63. The van der Waals surface area contributed by atoms with Gasteiger partial charge in [-0.1, -0.05) is 6.07 Å². The number of aliphatic hydroxyl groups excluding tert-OH is 1. The van der Waals surface area contributed by atoms with Crippen molar-refractivity contribution in [2.45, 2.75) is 6.04 Å². The molecule has 0 fully saturated rings. The van der Waals surface area contributed by atoms with Gasteiger partial charge in [-0.05, 0) is 23.6 Å². The van der Waals surface area contributed by atoms with Crippen molar-refractivity contribution in [2.75, 3.05) is 14.2 Å². The van der Waals surface area contributed by atoms with E-state index in [0.717, 1.165) is 0 Å². The first kappa shape index (κ1) is 16.1. The predicted molar refractivity (Wildman–Crippen MR) is 88.7 cm³/mol. The second-order valence-electron chi connectivity index (χ2n) is 5.08. The van der Waals surface area contributed by atoms with E-state index >= 15 is 0 Å². The number of rotatable bonds is 5. The molecule has 1 atom stereocenters. The molecule has 1 aromatic carbocycles. The number of thiophene rings is 1. The van der Waals surface area contributed by atoms with Gasteiger partial charge in [0.05, 0.1) is 30.7 Å². The topological polar surface area (TPSA) is 84.9 Å². The van der Waals surface area contributed by atoms with Crippen molar-refractivity contribution in [2.24, 2.45) is 0 Å². The monoisotopic (exact) mass is 345 g/mol. The molecule has 0 saturated heterocycles. The number of carbonyl (C=O) groups excluding carboxylic acids is 2. The third-order valence-electron chi connectivity index (χ3n) is 3.78. The molecule has 3 rings (SSSR count). The number of amides is 1. The van der Waals surface area contributed by atoms with E-state index in [-0.39, 0.29) is 11.4 Å². The highest BCUT2D eigenvalue weighted by Gasteiger charge is 2.39. The molecular weight excluding hydrogens is 330 g/mol. The highest BCUT2D eigenvalue weighted by molar-refractivity contribution is 7.12. The third-order valence-corrected chi connectivity index (χ3v) is 4.64. The molecule has 2 aromatic rings. The summed E-state index contributed by atoms with van der Waals surface area (Å²) in [6.07, 6.45) is 0. The second kappa shape index (κ2) is 6.37. The Morgan fingerprint density at radius 1 is 1.25 bits per heavy atom. The molecule has 7 heteroatoms. The Morgan fingerprint density at radius 2 is 2.04 bits per heavy atom. The lowest BCUT2D eigenvalue weighted by molar-refractivity contribution is -0.119. The molecule has 1 amide bonds. The van der Waals surface area contributed by atoms with Crippen LogP contribution >= 0.6 is 11.3 Å². The summed E-state index contributed by atoms with van der Waals surface area (Å²) in [5.41, 5.74) is 0.585. The van der Waals surface area contributed by atoms with Crippen LogP contribution in [0.4, 0.5) is 0 Å². The van der Waals surface area contributed by atoms with Crippen LogP contribution in [-0.4, -0.2) is 31.0 Å². The maximum absolute atomic E-state index is 12.7. The minimum atomic E-state index is -0.784. The van der Waals surface area contributed by atoms with E-state index in [4.69, 9.17) is 9.47 Å². The molecule has 0 radical (unpaired) electrons. The zero-order valence-corrected chi connectivity index (χ0v) is 13.8. The minimum Gasteiger partial charge on any atom is -0.503 e. The highest BCUT2D eigenvalue weighted by atomic mass is 32.1. The first-order valence-corrected chi connectivity index (χ1v) is 7.99. The van der Waals surface area contributed by atoms with Crippen LogP contribution < -0.4 is 14.8 Å². The number of aliphatic hydroxyl groups is 1. The van der Waals surface area contributed by atoms with Crippen LogP contribution in [0.2, 0.25) is 0 Å². The maximum Gasteiger partial charge on any atom is 0.287 e. The number of carbonyl (C=O) groups is 2. The summed E-state index contributed by atoms with van der Waals surface area (Å²) in [6, 6.07) is 7.66. The average molecular weight is 345 g/mol. The normalized spacial score (nSPS) is 16.9. The van der Waals surface area contributed by atoms with Gasteiger partial charge in [0.1, 0.15) is 11.5 Å². The third kappa shape index (κ3) is 2.63. The SMILES string of the molecule is COc1ccc([C@@H]2NC(=O)C(O)=C2C(=O)c2cccs2)c(OC)c1. The lowest BCUT2D eigenvalue weighted by Gasteiger charge is -2.18. The molecule has 0 spiro atoms. The highest BCUT2D eigenvalue weighted by Crippen LogP contribution is 2.38. The Balaban J connectivity index is 2.07. The molecule has 0 unspecified atom stereocenters. The number of ketones is 1. The Labute approximate surface area is 142 Å². The van der Waals surface area contributed by atoms with E-state index in [1.54, 1.807) is 35.7 Å². The van der Waals surface area contributed by atoms with Crippen molar-refractivity contribution in [3.05, 3.63) is 57.5 Å². The fraction of sp³-hybridized carbons (Fsp3) is 0.176. The van der Waals surface area contributed by atoms with Crippen molar-refractivity contribution in [3.8, 4) is 11.5 Å². The molecular formula is C17H15NO5S. The Hall–Kier alpha value is -2.80. The summed E-state index contributed by atoms with van der Waals surface area (Å²) in [7, 11) is 3.02. The smallest absolute Gasteiger partial charge is 0.287 e. The largest absolute Gasteiger partial charge is 0.503 e. The van der Waals surface area contributed by atoms with E-state index in [1.807, 2.05) is 0 Å². The van der Waals surface area contributed by atoms with Gasteiger partial charge in [0.25, 0.3) is 5.91 Å². The average Bonchev–Trinajstić information content (AvgIpc) is 3.23. The van der Waals surface area contributed by atoms with E-state index < -0.39 is 17.7 Å². The number of hydrogen-bond donors (Lipinski definition) is 2. The van der Waals surface area contributed by atoms with Crippen molar-refractivity contribution in [1.29, 1.82) is 0 Å². The van der Waals surface area contributed by atoms with Gasteiger partial charge in [-0.15, -0.1) is 11.3 Å². The van der Waals surface area contributed by atoms with E-state index in [2.05, 4.69) is 5.32 Å². The van der Waals surface area contributed by atoms with Crippen LogP contribution in [0.1, 0.15) is 21.3 Å². The number of benzene rings is 1. The van der Waals surface area contributed by atoms with Gasteiger partial charge >= 0.3 is 0 Å². The standard InChI is InChI=1S/C17H15NO5S/c1-22-9-5-6-10(11(8-9)23-2)14-13(16(20)17(21)18-14)15(19)12-4-3-7-24-12/h3-8,14,20H,1-2H3,(H,18,21)/t14-/m0/s1. The molecule has 0 bridgehead atoms. The van der Waals surface area contributed by atoms with Gasteiger partial charge in [-0.25, -0.2) is 0 Å². The van der Waals surface area contributed by atoms with Crippen LogP contribution in [0.3, 0.4) is 0 Å². The van der Waals surface area contributed by atoms with Gasteiger partial charge in [0.15, 0.2) is 5.76 Å². The molecule has 24 heavy (non-hydrogen) atoms. The Kier molecular flexibility index (Phi) is 4.26. The van der Waals surface area contributed by atoms with Gasteiger partial charge in [-0.3, -0.25) is 9.59 Å². The van der Waals surface area contributed by atoms with Gasteiger partial charge in [-0.2, -0.15) is 0 Å². The van der Waals surface area contributed by atoms with Crippen molar-refractivity contribution < 1.29 is 24.2 Å². The molecule has 124 valence electrons. The summed E-state index contributed by atoms with van der Waals surface area (Å²) < 4.78 is 10.5. The second-order valence-corrected chi connectivity index (χ2v) is 6.03. The zero-order chi connectivity index (χ0) is 17.3. The summed E-state index contributed by atoms with van der Waals surface area (Å²) in [5, 5.41) is 14.5. The Bertz CT molecular complexity index is 826. The molecule has 0 aliphatic carbocycles. The fourth-order valence-corrected chi connectivity index (χ4v) is 3.28. The van der Waals surface area contributed by atoms with Crippen molar-refractivity contribution in [1.82, 2.24) is 5.32 Å². The van der Waals surface area contributed by atoms with Gasteiger partial charge in [0.2, 0.25) is 5.78 Å². The minimum absolute atomic E-state index is 0.0194. The molecule has 2 N–H and O–H groups in total. The molecule has 1 aromatic heterocycles. The van der Waals surface area contributed by atoms with Crippen LogP contribution in [0.15, 0.2) is 47.0 Å². The van der Waals surface area contributed by atoms with Crippen LogP contribution in [0.5, 0.6) is 11.5 Å². The number of ether oxygens (including phenoxy) is 2. The molecule has 0 saturated carbocycles. The number of hydrogen-bond acceptors (Lipinski definition) is 6. The number of nitrogens with one attached hydrogen (secondary N) is 1. The molecule has 1 aliphatic heterocycles. The molecule has 6 nitrogen and oxygen atoms in total. The zero-order valence-electron chi connectivity index (χ0n) is 13.0. The first-order chi connectivity index (χ1) is 11.6. The van der Waals surface area contributed by atoms with Crippen LogP contribution in [0.25, 0.3) is 0 Å². The molecule has 2 heterocycles. The first-order valence-electron chi connectivity index (χ1n) is 7.11. The van der Waals surface area contributed by atoms with Crippen LogP contribution in [0, 0.1) is 0 Å².